The van der Waals surface area contributed by atoms with E-state index in [1.54, 1.807) is 36.3 Å². The van der Waals surface area contributed by atoms with Crippen LogP contribution < -0.4 is 0 Å². The lowest BCUT2D eigenvalue weighted by Gasteiger charge is -2.29. The number of carbonyl (C=O) groups excluding carboxylic acids is 1. The molecule has 7 nitrogen and oxygen atoms in total. The summed E-state index contributed by atoms with van der Waals surface area (Å²) in [6, 6.07) is 4.58. The van der Waals surface area contributed by atoms with E-state index in [4.69, 9.17) is 0 Å². The van der Waals surface area contributed by atoms with Crippen LogP contribution in [0.25, 0.3) is 10.9 Å². The molecule has 148 valence electrons. The number of benzene rings is 1. The Labute approximate surface area is 164 Å². The highest BCUT2D eigenvalue weighted by molar-refractivity contribution is 8.00. The lowest BCUT2D eigenvalue weighted by Crippen LogP contribution is -2.49. The third-order valence-corrected chi connectivity index (χ3v) is 7.94. The Morgan fingerprint density at radius 2 is 2.00 bits per heavy atom. The second kappa shape index (κ2) is 7.44. The van der Waals surface area contributed by atoms with Gasteiger partial charge in [-0.2, -0.15) is 9.40 Å². The van der Waals surface area contributed by atoms with Gasteiger partial charge in [0.15, 0.2) is 0 Å². The lowest BCUT2D eigenvalue weighted by atomic mass is 10.2. The van der Waals surface area contributed by atoms with Crippen molar-refractivity contribution in [2.75, 3.05) is 18.7 Å². The standard InChI is InChI=1S/C18H26N4O3S2/c1-12(2)20(5)18(23)17-10-26-11-21(17)27(24,25)15-6-7-16-14(8-15)9-19-22(16)13(3)4/h6-9,12-13,17H,10-11H2,1-5H3. The number of carbonyl (C=O) groups is 1. The Morgan fingerprint density at radius 1 is 1.30 bits per heavy atom. The Morgan fingerprint density at radius 3 is 2.63 bits per heavy atom. The average molecular weight is 411 g/mol. The zero-order valence-electron chi connectivity index (χ0n) is 16.3. The molecule has 0 N–H and O–H groups in total. The van der Waals surface area contributed by atoms with Gasteiger partial charge in [-0.15, -0.1) is 11.8 Å². The number of sulfonamides is 1. The minimum Gasteiger partial charge on any atom is -0.342 e. The van der Waals surface area contributed by atoms with Crippen LogP contribution in [0.15, 0.2) is 29.3 Å². The molecule has 1 aromatic carbocycles. The van der Waals surface area contributed by atoms with Gasteiger partial charge in [-0.05, 0) is 45.9 Å². The minimum atomic E-state index is -3.77. The van der Waals surface area contributed by atoms with Crippen molar-refractivity contribution < 1.29 is 13.2 Å². The van der Waals surface area contributed by atoms with Crippen LogP contribution in [-0.4, -0.2) is 64.1 Å². The van der Waals surface area contributed by atoms with Crippen LogP contribution >= 0.6 is 11.8 Å². The molecular weight excluding hydrogens is 384 g/mol. The van der Waals surface area contributed by atoms with Gasteiger partial charge >= 0.3 is 0 Å². The van der Waals surface area contributed by atoms with Gasteiger partial charge in [-0.25, -0.2) is 8.42 Å². The molecule has 0 aliphatic carbocycles. The fraction of sp³-hybridized carbons (Fsp3) is 0.556. The van der Waals surface area contributed by atoms with E-state index >= 15 is 0 Å². The number of amides is 1. The van der Waals surface area contributed by atoms with Gasteiger partial charge in [0, 0.05) is 30.3 Å². The smallest absolute Gasteiger partial charge is 0.244 e. The van der Waals surface area contributed by atoms with Crippen LogP contribution in [0.5, 0.6) is 0 Å². The summed E-state index contributed by atoms with van der Waals surface area (Å²) >= 11 is 1.46. The molecule has 0 bridgehead atoms. The van der Waals surface area contributed by atoms with E-state index in [0.717, 1.165) is 10.9 Å². The van der Waals surface area contributed by atoms with Gasteiger partial charge in [-0.1, -0.05) is 0 Å². The highest BCUT2D eigenvalue weighted by atomic mass is 32.2. The first-order valence-electron chi connectivity index (χ1n) is 8.98. The SMILES string of the molecule is CC(C)N(C)C(=O)C1CSCN1S(=O)(=O)c1ccc2c(cnn2C(C)C)c1. The summed E-state index contributed by atoms with van der Waals surface area (Å²) in [4.78, 5) is 14.6. The largest absolute Gasteiger partial charge is 0.342 e. The van der Waals surface area contributed by atoms with Crippen molar-refractivity contribution in [1.82, 2.24) is 19.0 Å². The number of fused-ring (bicyclic) bond motifs is 1. The summed E-state index contributed by atoms with van der Waals surface area (Å²) < 4.78 is 29.7. The molecule has 0 saturated carbocycles. The summed E-state index contributed by atoms with van der Waals surface area (Å²) in [5, 5.41) is 5.12. The second-order valence-corrected chi connectivity index (χ2v) is 10.2. The molecule has 2 heterocycles. The zero-order chi connectivity index (χ0) is 19.9. The number of nitrogens with zero attached hydrogens (tertiary/aromatic N) is 4. The third kappa shape index (κ3) is 3.60. The predicted molar refractivity (Wildman–Crippen MR) is 108 cm³/mol. The molecule has 1 saturated heterocycles. The van der Waals surface area contributed by atoms with Gasteiger partial charge in [0.25, 0.3) is 0 Å². The first-order chi connectivity index (χ1) is 12.6. The number of rotatable bonds is 5. The van der Waals surface area contributed by atoms with E-state index < -0.39 is 16.1 Å². The minimum absolute atomic E-state index is 0.0193. The third-order valence-electron chi connectivity index (χ3n) is 4.91. The number of aromatic nitrogens is 2. The molecule has 0 spiro atoms. The fourth-order valence-electron chi connectivity index (χ4n) is 3.09. The Bertz CT molecular complexity index is 953. The Kier molecular flexibility index (Phi) is 5.56. The highest BCUT2D eigenvalue weighted by Gasteiger charge is 2.41. The van der Waals surface area contributed by atoms with E-state index in [0.29, 0.717) is 5.75 Å². The highest BCUT2D eigenvalue weighted by Crippen LogP contribution is 2.31. The number of hydrogen-bond donors (Lipinski definition) is 0. The van der Waals surface area contributed by atoms with E-state index in [9.17, 15) is 13.2 Å². The molecule has 1 aromatic heterocycles. The maximum atomic E-state index is 13.2. The first kappa shape index (κ1) is 20.2. The molecule has 27 heavy (non-hydrogen) atoms. The maximum Gasteiger partial charge on any atom is 0.244 e. The van der Waals surface area contributed by atoms with Crippen molar-refractivity contribution in [3.05, 3.63) is 24.4 Å². The van der Waals surface area contributed by atoms with Gasteiger partial charge in [0.05, 0.1) is 22.5 Å². The molecule has 1 aliphatic rings. The predicted octanol–water partition coefficient (Wildman–Crippen LogP) is 2.55. The van der Waals surface area contributed by atoms with Crippen molar-refractivity contribution in [1.29, 1.82) is 0 Å². The van der Waals surface area contributed by atoms with E-state index in [-0.39, 0.29) is 28.8 Å². The first-order valence-corrected chi connectivity index (χ1v) is 11.6. The molecule has 1 unspecified atom stereocenters. The van der Waals surface area contributed by atoms with Crippen LogP contribution in [0.4, 0.5) is 0 Å². The van der Waals surface area contributed by atoms with Crippen LogP contribution in [0.1, 0.15) is 33.7 Å². The molecule has 0 radical (unpaired) electrons. The number of hydrogen-bond acceptors (Lipinski definition) is 5. The van der Waals surface area contributed by atoms with Crippen LogP contribution in [0.2, 0.25) is 0 Å². The summed E-state index contributed by atoms with van der Waals surface area (Å²) in [5.74, 6) is 0.601. The van der Waals surface area contributed by atoms with Crippen molar-refractivity contribution in [3.63, 3.8) is 0 Å². The molecule has 1 amide bonds. The van der Waals surface area contributed by atoms with Gasteiger partial charge in [0.2, 0.25) is 15.9 Å². The van der Waals surface area contributed by atoms with Crippen LogP contribution in [-0.2, 0) is 14.8 Å². The molecule has 9 heteroatoms. The van der Waals surface area contributed by atoms with Crippen molar-refractivity contribution >= 4 is 38.6 Å². The second-order valence-electron chi connectivity index (χ2n) is 7.35. The lowest BCUT2D eigenvalue weighted by molar-refractivity contribution is -0.134. The number of likely N-dealkylation sites (N-methyl/N-ethyl adjacent to an activating group) is 1. The molecule has 3 rings (SSSR count). The molecular formula is C18H26N4O3S2. The molecule has 1 atom stereocenters. The number of thioether (sulfide) groups is 1. The summed E-state index contributed by atoms with van der Waals surface area (Å²) in [5.41, 5.74) is 0.895. The summed E-state index contributed by atoms with van der Waals surface area (Å²) in [6.07, 6.45) is 1.68. The average Bonchev–Trinajstić information content (AvgIpc) is 3.26. The Balaban J connectivity index is 1.95. The summed E-state index contributed by atoms with van der Waals surface area (Å²) in [7, 11) is -2.05. The van der Waals surface area contributed by atoms with Gasteiger partial charge < -0.3 is 4.90 Å². The molecule has 2 aromatic rings. The summed E-state index contributed by atoms with van der Waals surface area (Å²) in [6.45, 7) is 7.89. The molecule has 1 aliphatic heterocycles. The Hall–Kier alpha value is -1.58. The van der Waals surface area contributed by atoms with Crippen LogP contribution in [0.3, 0.4) is 0 Å². The van der Waals surface area contributed by atoms with Crippen molar-refractivity contribution in [2.45, 2.75) is 50.7 Å². The van der Waals surface area contributed by atoms with Crippen molar-refractivity contribution in [2.24, 2.45) is 0 Å². The van der Waals surface area contributed by atoms with Crippen LogP contribution in [0, 0.1) is 0 Å². The van der Waals surface area contributed by atoms with Crippen molar-refractivity contribution in [3.8, 4) is 0 Å². The monoisotopic (exact) mass is 410 g/mol. The van der Waals surface area contributed by atoms with E-state index in [2.05, 4.69) is 5.10 Å². The topological polar surface area (TPSA) is 75.5 Å². The molecule has 1 fully saturated rings. The normalized spacial score (nSPS) is 18.7. The van der Waals surface area contributed by atoms with E-state index in [1.165, 1.54) is 16.1 Å². The van der Waals surface area contributed by atoms with Gasteiger partial charge in [-0.3, -0.25) is 9.48 Å². The van der Waals surface area contributed by atoms with E-state index in [1.807, 2.05) is 32.4 Å². The zero-order valence-corrected chi connectivity index (χ0v) is 17.9. The fourth-order valence-corrected chi connectivity index (χ4v) is 6.26. The maximum absolute atomic E-state index is 13.2. The van der Waals surface area contributed by atoms with Gasteiger partial charge in [0.1, 0.15) is 6.04 Å². The quantitative estimate of drug-likeness (QED) is 0.757.